The van der Waals surface area contributed by atoms with Crippen LogP contribution in [0, 0.1) is 23.7 Å². The molecule has 0 aliphatic carbocycles. The van der Waals surface area contributed by atoms with Crippen molar-refractivity contribution >= 4 is 0 Å². The summed E-state index contributed by atoms with van der Waals surface area (Å²) in [6.45, 7) is 4.47. The van der Waals surface area contributed by atoms with Gasteiger partial charge in [-0.2, -0.15) is 52.7 Å². The Morgan fingerprint density at radius 2 is 0.700 bits per heavy atom. The van der Waals surface area contributed by atoms with Crippen LogP contribution in [0.3, 0.4) is 0 Å². The van der Waals surface area contributed by atoms with E-state index in [2.05, 4.69) is 0 Å². The molecule has 4 unspecified atom stereocenters. The molecule has 0 aromatic carbocycles. The Labute approximate surface area is 168 Å². The SMILES string of the molecule is CCCCC(C(C)C(F)(F)F)C(F)(F)F.CCCCC(C(C)C(F)(F)F)C(F)(F)F. The highest BCUT2D eigenvalue weighted by atomic mass is 19.4. The van der Waals surface area contributed by atoms with Gasteiger partial charge in [-0.25, -0.2) is 0 Å². The van der Waals surface area contributed by atoms with E-state index in [1.165, 1.54) is 0 Å². The largest absolute Gasteiger partial charge is 0.392 e. The lowest BCUT2D eigenvalue weighted by atomic mass is 9.88. The van der Waals surface area contributed by atoms with Crippen molar-refractivity contribution in [3.63, 3.8) is 0 Å². The Hall–Kier alpha value is -0.840. The van der Waals surface area contributed by atoms with Gasteiger partial charge in [-0.15, -0.1) is 0 Å². The van der Waals surface area contributed by atoms with Gasteiger partial charge in [0.1, 0.15) is 0 Å². The van der Waals surface area contributed by atoms with E-state index in [0.29, 0.717) is 26.7 Å². The third kappa shape index (κ3) is 12.1. The Morgan fingerprint density at radius 3 is 0.833 bits per heavy atom. The molecule has 0 aromatic rings. The van der Waals surface area contributed by atoms with Crippen LogP contribution in [-0.2, 0) is 0 Å². The fourth-order valence-electron chi connectivity index (χ4n) is 2.70. The van der Waals surface area contributed by atoms with Crippen molar-refractivity contribution < 1.29 is 52.7 Å². The summed E-state index contributed by atoms with van der Waals surface area (Å²) in [5.41, 5.74) is 0. The molecule has 0 rings (SSSR count). The van der Waals surface area contributed by atoms with Gasteiger partial charge in [0.15, 0.2) is 0 Å². The molecule has 0 bridgehead atoms. The fourth-order valence-corrected chi connectivity index (χ4v) is 2.70. The lowest BCUT2D eigenvalue weighted by Crippen LogP contribution is -2.37. The topological polar surface area (TPSA) is 0 Å². The third-order valence-corrected chi connectivity index (χ3v) is 4.82. The summed E-state index contributed by atoms with van der Waals surface area (Å²) in [5.74, 6) is -9.22. The second-order valence-corrected chi connectivity index (χ2v) is 7.24. The molecule has 0 aliphatic heterocycles. The summed E-state index contributed by atoms with van der Waals surface area (Å²) in [6, 6.07) is 0. The monoisotopic (exact) mass is 472 g/mol. The number of hydrogen-bond acceptors (Lipinski definition) is 0. The first-order valence-corrected chi connectivity index (χ1v) is 9.47. The lowest BCUT2D eigenvalue weighted by molar-refractivity contribution is -0.251. The minimum absolute atomic E-state index is 0.157. The molecule has 30 heavy (non-hydrogen) atoms. The van der Waals surface area contributed by atoms with Gasteiger partial charge in [0.25, 0.3) is 0 Å². The first-order valence-electron chi connectivity index (χ1n) is 9.47. The lowest BCUT2D eigenvalue weighted by Gasteiger charge is -2.27. The standard InChI is InChI=1S/2C9H14F6/c2*1-3-4-5-7(9(13,14)15)6(2)8(10,11)12/h2*6-7H,3-5H2,1-2H3. The minimum Gasteiger partial charge on any atom is -0.171 e. The first-order chi connectivity index (χ1) is 13.2. The van der Waals surface area contributed by atoms with Gasteiger partial charge in [0.05, 0.1) is 23.7 Å². The maximum Gasteiger partial charge on any atom is 0.392 e. The third-order valence-electron chi connectivity index (χ3n) is 4.82. The zero-order valence-corrected chi connectivity index (χ0v) is 17.1. The molecule has 0 fully saturated rings. The van der Waals surface area contributed by atoms with Crippen molar-refractivity contribution in [1.29, 1.82) is 0 Å². The van der Waals surface area contributed by atoms with Crippen LogP contribution in [0.2, 0.25) is 0 Å². The van der Waals surface area contributed by atoms with Crippen molar-refractivity contribution in [2.24, 2.45) is 23.7 Å². The normalized spacial score (nSPS) is 17.6. The Balaban J connectivity index is 0. The van der Waals surface area contributed by atoms with E-state index >= 15 is 0 Å². The molecular formula is C18H28F12. The van der Waals surface area contributed by atoms with E-state index in [9.17, 15) is 52.7 Å². The van der Waals surface area contributed by atoms with E-state index in [-0.39, 0.29) is 12.8 Å². The highest BCUT2D eigenvalue weighted by Gasteiger charge is 2.53. The molecular weight excluding hydrogens is 444 g/mol. The Bertz CT molecular complexity index is 402. The molecule has 0 heterocycles. The molecule has 0 aromatic heterocycles. The quantitative estimate of drug-likeness (QED) is 0.309. The van der Waals surface area contributed by atoms with Gasteiger partial charge in [-0.3, -0.25) is 0 Å². The van der Waals surface area contributed by atoms with Crippen LogP contribution in [-0.4, -0.2) is 24.7 Å². The Morgan fingerprint density at radius 1 is 0.467 bits per heavy atom. The number of unbranched alkanes of at least 4 members (excludes halogenated alkanes) is 2. The van der Waals surface area contributed by atoms with Crippen LogP contribution in [0.15, 0.2) is 0 Å². The van der Waals surface area contributed by atoms with E-state index < -0.39 is 61.2 Å². The summed E-state index contributed by atoms with van der Waals surface area (Å²) < 4.78 is 147. The number of hydrogen-bond donors (Lipinski definition) is 0. The van der Waals surface area contributed by atoms with Crippen LogP contribution in [0.5, 0.6) is 0 Å². The van der Waals surface area contributed by atoms with Gasteiger partial charge >= 0.3 is 24.7 Å². The van der Waals surface area contributed by atoms with Crippen molar-refractivity contribution in [1.82, 2.24) is 0 Å². The smallest absolute Gasteiger partial charge is 0.171 e. The molecule has 4 atom stereocenters. The zero-order valence-electron chi connectivity index (χ0n) is 17.1. The maximum atomic E-state index is 12.3. The molecule has 12 heteroatoms. The van der Waals surface area contributed by atoms with Gasteiger partial charge < -0.3 is 0 Å². The highest BCUT2D eigenvalue weighted by molar-refractivity contribution is 4.79. The average Bonchev–Trinajstić information content (AvgIpc) is 2.51. The van der Waals surface area contributed by atoms with Crippen LogP contribution in [0.4, 0.5) is 52.7 Å². The zero-order chi connectivity index (χ0) is 24.6. The average molecular weight is 472 g/mol. The predicted octanol–water partition coefficient (Wildman–Crippen LogP) is 9.11. The summed E-state index contributed by atoms with van der Waals surface area (Å²) >= 11 is 0. The van der Waals surface area contributed by atoms with Crippen molar-refractivity contribution in [2.75, 3.05) is 0 Å². The molecule has 0 spiro atoms. The summed E-state index contributed by atoms with van der Waals surface area (Å²) in [5, 5.41) is 0. The highest BCUT2D eigenvalue weighted by Crippen LogP contribution is 2.44. The van der Waals surface area contributed by atoms with Gasteiger partial charge in [0, 0.05) is 0 Å². The fraction of sp³-hybridized carbons (Fsp3) is 1.00. The van der Waals surface area contributed by atoms with E-state index in [1.807, 2.05) is 0 Å². The van der Waals surface area contributed by atoms with Crippen LogP contribution < -0.4 is 0 Å². The van der Waals surface area contributed by atoms with E-state index in [4.69, 9.17) is 0 Å². The van der Waals surface area contributed by atoms with Crippen LogP contribution in [0.25, 0.3) is 0 Å². The van der Waals surface area contributed by atoms with Gasteiger partial charge in [-0.1, -0.05) is 53.4 Å². The second-order valence-electron chi connectivity index (χ2n) is 7.24. The number of alkyl halides is 12. The molecule has 0 saturated carbocycles. The summed E-state index contributed by atoms with van der Waals surface area (Å²) in [4.78, 5) is 0. The van der Waals surface area contributed by atoms with Crippen molar-refractivity contribution in [3.8, 4) is 0 Å². The van der Waals surface area contributed by atoms with Crippen molar-refractivity contribution in [2.45, 2.75) is 90.9 Å². The van der Waals surface area contributed by atoms with Crippen LogP contribution in [0.1, 0.15) is 66.2 Å². The molecule has 0 amide bonds. The number of rotatable bonds is 8. The predicted molar refractivity (Wildman–Crippen MR) is 88.6 cm³/mol. The molecule has 184 valence electrons. The first kappa shape index (κ1) is 31.3. The van der Waals surface area contributed by atoms with Gasteiger partial charge in [-0.05, 0) is 12.8 Å². The molecule has 0 saturated heterocycles. The van der Waals surface area contributed by atoms with E-state index in [1.54, 1.807) is 13.8 Å². The minimum atomic E-state index is -4.78. The molecule has 0 radical (unpaired) electrons. The summed E-state index contributed by atoms with van der Waals surface area (Å²) in [7, 11) is 0. The Kier molecular flexibility index (Phi) is 12.8. The maximum absolute atomic E-state index is 12.3. The molecule has 0 N–H and O–H groups in total. The molecule has 0 nitrogen and oxygen atoms in total. The molecule has 0 aliphatic rings. The second kappa shape index (κ2) is 12.3. The van der Waals surface area contributed by atoms with Gasteiger partial charge in [0.2, 0.25) is 0 Å². The van der Waals surface area contributed by atoms with E-state index in [0.717, 1.165) is 0 Å². The van der Waals surface area contributed by atoms with Crippen molar-refractivity contribution in [3.05, 3.63) is 0 Å². The number of halogens is 12. The van der Waals surface area contributed by atoms with Crippen LogP contribution >= 0.6 is 0 Å². The summed E-state index contributed by atoms with van der Waals surface area (Å²) in [6.07, 6.45) is -18.8.